The van der Waals surface area contributed by atoms with Gasteiger partial charge in [-0.15, -0.1) is 11.8 Å². The normalized spacial score (nSPS) is 14.8. The Morgan fingerprint density at radius 1 is 1.14 bits per heavy atom. The minimum absolute atomic E-state index is 0.0727. The predicted molar refractivity (Wildman–Crippen MR) is 90.7 cm³/mol. The van der Waals surface area contributed by atoms with E-state index in [2.05, 4.69) is 6.92 Å². The van der Waals surface area contributed by atoms with Gasteiger partial charge in [0.1, 0.15) is 10.9 Å². The molecule has 0 aromatic carbocycles. The molecule has 126 valence electrons. The maximum atomic E-state index is 13.1. The highest BCUT2D eigenvalue weighted by atomic mass is 32.2. The number of hydrogen-bond acceptors (Lipinski definition) is 3. The molecule has 0 spiro atoms. The molecule has 0 saturated heterocycles. The third-order valence-electron chi connectivity index (χ3n) is 3.16. The number of rotatable bonds is 11. The van der Waals surface area contributed by atoms with Crippen molar-refractivity contribution >= 4 is 17.7 Å². The average molecular weight is 321 g/mol. The van der Waals surface area contributed by atoms with Crippen LogP contribution in [0.1, 0.15) is 79.6 Å². The molecule has 0 aromatic rings. The molecule has 0 aliphatic heterocycles. The van der Waals surface area contributed by atoms with Crippen molar-refractivity contribution < 1.29 is 13.9 Å². The van der Waals surface area contributed by atoms with Crippen LogP contribution in [0.5, 0.6) is 0 Å². The molecular formula is C17H33FO2S. The summed E-state index contributed by atoms with van der Waals surface area (Å²) in [6.45, 7) is 9.71. The van der Waals surface area contributed by atoms with Crippen molar-refractivity contribution in [3.8, 4) is 0 Å². The number of unbranched alkanes of at least 4 members (excludes halogenated alkanes) is 2. The molecule has 2 unspecified atom stereocenters. The van der Waals surface area contributed by atoms with Gasteiger partial charge in [0, 0.05) is 0 Å². The van der Waals surface area contributed by atoms with Gasteiger partial charge >= 0.3 is 5.97 Å². The van der Waals surface area contributed by atoms with E-state index in [-0.39, 0.29) is 11.2 Å². The number of ether oxygens (including phenoxy) is 1. The van der Waals surface area contributed by atoms with Crippen LogP contribution < -0.4 is 0 Å². The van der Waals surface area contributed by atoms with Gasteiger partial charge in [0.05, 0.1) is 6.17 Å². The highest BCUT2D eigenvalue weighted by Crippen LogP contribution is 2.23. The van der Waals surface area contributed by atoms with E-state index in [9.17, 15) is 9.18 Å². The van der Waals surface area contributed by atoms with E-state index >= 15 is 0 Å². The Morgan fingerprint density at radius 3 is 2.33 bits per heavy atom. The van der Waals surface area contributed by atoms with Crippen molar-refractivity contribution in [3.63, 3.8) is 0 Å². The fourth-order valence-corrected chi connectivity index (χ4v) is 3.10. The van der Waals surface area contributed by atoms with Gasteiger partial charge in [0.2, 0.25) is 0 Å². The van der Waals surface area contributed by atoms with Gasteiger partial charge in [-0.3, -0.25) is 4.79 Å². The summed E-state index contributed by atoms with van der Waals surface area (Å²) in [5, 5.41) is -0.0727. The van der Waals surface area contributed by atoms with Gasteiger partial charge in [-0.2, -0.15) is 0 Å². The smallest absolute Gasteiger partial charge is 0.319 e. The Labute approximate surface area is 134 Å². The lowest BCUT2D eigenvalue weighted by atomic mass is 10.1. The lowest BCUT2D eigenvalue weighted by Crippen LogP contribution is -2.30. The fraction of sp³-hybridized carbons (Fsp3) is 0.941. The van der Waals surface area contributed by atoms with Crippen LogP contribution in [-0.2, 0) is 9.53 Å². The standard InChI is InChI=1S/C17H33FO2S/c1-6-8-12-15(16(19)20-17(3,4)5)21-13-10-9-11-14(18)7-2/h14-15H,6-13H2,1-5H3. The van der Waals surface area contributed by atoms with Crippen LogP contribution in [0.2, 0.25) is 0 Å². The largest absolute Gasteiger partial charge is 0.459 e. The molecule has 0 aliphatic carbocycles. The number of halogens is 1. The van der Waals surface area contributed by atoms with E-state index in [1.807, 2.05) is 27.7 Å². The SMILES string of the molecule is CCCCC(SCCCCC(F)CC)C(=O)OC(C)(C)C. The first kappa shape index (κ1) is 20.8. The molecule has 0 aliphatic rings. The molecule has 0 amide bonds. The molecule has 21 heavy (non-hydrogen) atoms. The predicted octanol–water partition coefficient (Wildman–Crippen LogP) is 5.54. The quantitative estimate of drug-likeness (QED) is 0.369. The molecule has 0 fully saturated rings. The third-order valence-corrected chi connectivity index (χ3v) is 4.52. The molecule has 2 nitrogen and oxygen atoms in total. The Kier molecular flexibility index (Phi) is 11.2. The maximum Gasteiger partial charge on any atom is 0.319 e. The second-order valence-corrected chi connectivity index (χ2v) is 7.85. The second-order valence-electron chi connectivity index (χ2n) is 6.54. The van der Waals surface area contributed by atoms with Crippen LogP contribution >= 0.6 is 11.8 Å². The molecular weight excluding hydrogens is 287 g/mol. The summed E-state index contributed by atoms with van der Waals surface area (Å²) < 4.78 is 18.6. The summed E-state index contributed by atoms with van der Waals surface area (Å²) in [6, 6.07) is 0. The molecule has 0 heterocycles. The number of alkyl halides is 1. The summed E-state index contributed by atoms with van der Waals surface area (Å²) >= 11 is 1.67. The zero-order valence-electron chi connectivity index (χ0n) is 14.4. The topological polar surface area (TPSA) is 26.3 Å². The first-order valence-corrected chi connectivity index (χ1v) is 9.33. The minimum atomic E-state index is -0.670. The molecule has 0 radical (unpaired) electrons. The number of hydrogen-bond donors (Lipinski definition) is 0. The van der Waals surface area contributed by atoms with Crippen LogP contribution in [0.4, 0.5) is 4.39 Å². The lowest BCUT2D eigenvalue weighted by molar-refractivity contribution is -0.154. The van der Waals surface area contributed by atoms with E-state index in [0.29, 0.717) is 12.8 Å². The van der Waals surface area contributed by atoms with Crippen molar-refractivity contribution in [2.75, 3.05) is 5.75 Å². The van der Waals surface area contributed by atoms with E-state index in [1.165, 1.54) is 0 Å². The minimum Gasteiger partial charge on any atom is -0.459 e. The fourth-order valence-electron chi connectivity index (χ4n) is 1.92. The number of carbonyl (C=O) groups excluding carboxylic acids is 1. The highest BCUT2D eigenvalue weighted by molar-refractivity contribution is 8.00. The Morgan fingerprint density at radius 2 is 1.81 bits per heavy atom. The zero-order valence-corrected chi connectivity index (χ0v) is 15.2. The molecule has 0 aromatic heterocycles. The molecule has 0 rings (SSSR count). The van der Waals surface area contributed by atoms with Crippen molar-refractivity contribution in [2.45, 2.75) is 96.6 Å². The first-order valence-electron chi connectivity index (χ1n) is 8.28. The van der Waals surface area contributed by atoms with Gasteiger partial charge < -0.3 is 4.74 Å². The van der Waals surface area contributed by atoms with Crippen LogP contribution in [-0.4, -0.2) is 28.7 Å². The molecule has 2 atom stereocenters. The van der Waals surface area contributed by atoms with Crippen LogP contribution in [0.25, 0.3) is 0 Å². The zero-order chi connectivity index (χ0) is 16.3. The van der Waals surface area contributed by atoms with Crippen molar-refractivity contribution in [1.82, 2.24) is 0 Å². The third kappa shape index (κ3) is 12.0. The Hall–Kier alpha value is -0.250. The van der Waals surface area contributed by atoms with Gasteiger partial charge in [-0.1, -0.05) is 26.7 Å². The van der Waals surface area contributed by atoms with E-state index < -0.39 is 11.8 Å². The number of esters is 1. The molecule has 4 heteroatoms. The van der Waals surface area contributed by atoms with Crippen LogP contribution in [0.15, 0.2) is 0 Å². The maximum absolute atomic E-state index is 13.1. The van der Waals surface area contributed by atoms with Crippen LogP contribution in [0.3, 0.4) is 0 Å². The van der Waals surface area contributed by atoms with Gasteiger partial charge in [-0.05, 0) is 58.6 Å². The first-order chi connectivity index (χ1) is 9.80. The summed E-state index contributed by atoms with van der Waals surface area (Å²) in [4.78, 5) is 12.2. The lowest BCUT2D eigenvalue weighted by Gasteiger charge is -2.23. The van der Waals surface area contributed by atoms with Gasteiger partial charge in [-0.25, -0.2) is 4.39 Å². The average Bonchev–Trinajstić information content (AvgIpc) is 2.39. The number of thioether (sulfide) groups is 1. The van der Waals surface area contributed by atoms with Crippen molar-refractivity contribution in [2.24, 2.45) is 0 Å². The molecule has 0 bridgehead atoms. The Bertz CT molecular complexity index is 276. The van der Waals surface area contributed by atoms with Gasteiger partial charge in [0.15, 0.2) is 0 Å². The Balaban J connectivity index is 4.09. The van der Waals surface area contributed by atoms with Gasteiger partial charge in [0.25, 0.3) is 0 Å². The summed E-state index contributed by atoms with van der Waals surface area (Å²) in [7, 11) is 0. The highest BCUT2D eigenvalue weighted by Gasteiger charge is 2.24. The molecule has 0 saturated carbocycles. The van der Waals surface area contributed by atoms with Crippen molar-refractivity contribution in [3.05, 3.63) is 0 Å². The second kappa shape index (κ2) is 11.3. The summed E-state index contributed by atoms with van der Waals surface area (Å²) in [5.41, 5.74) is -0.426. The summed E-state index contributed by atoms with van der Waals surface area (Å²) in [6.07, 6.45) is 5.44. The van der Waals surface area contributed by atoms with Crippen LogP contribution in [0, 0.1) is 0 Å². The summed E-state index contributed by atoms with van der Waals surface area (Å²) in [5.74, 6) is 0.808. The molecule has 0 N–H and O–H groups in total. The van der Waals surface area contributed by atoms with Crippen molar-refractivity contribution in [1.29, 1.82) is 0 Å². The number of carbonyl (C=O) groups is 1. The van der Waals surface area contributed by atoms with E-state index in [0.717, 1.165) is 37.9 Å². The van der Waals surface area contributed by atoms with E-state index in [1.54, 1.807) is 11.8 Å². The van der Waals surface area contributed by atoms with E-state index in [4.69, 9.17) is 4.74 Å². The monoisotopic (exact) mass is 320 g/mol.